The van der Waals surface area contributed by atoms with Gasteiger partial charge in [-0.2, -0.15) is 0 Å². The van der Waals surface area contributed by atoms with Crippen LogP contribution in [0, 0.1) is 0 Å². The van der Waals surface area contributed by atoms with Crippen molar-refractivity contribution in [2.75, 3.05) is 5.73 Å². The molecule has 102 valence electrons. The van der Waals surface area contributed by atoms with E-state index >= 15 is 0 Å². The molecule has 1 aromatic carbocycles. The number of halogens is 3. The third kappa shape index (κ3) is 3.54. The van der Waals surface area contributed by atoms with Crippen LogP contribution in [0.2, 0.25) is 0 Å². The highest BCUT2D eigenvalue weighted by Gasteiger charge is 2.30. The maximum atomic E-state index is 12.0. The van der Waals surface area contributed by atoms with E-state index in [0.717, 1.165) is 12.1 Å². The van der Waals surface area contributed by atoms with E-state index in [1.165, 1.54) is 16.8 Å². The highest BCUT2D eigenvalue weighted by molar-refractivity contribution is 5.48. The fourth-order valence-corrected chi connectivity index (χ4v) is 1.39. The molecule has 1 heterocycles. The maximum Gasteiger partial charge on any atom is 0.573 e. The van der Waals surface area contributed by atoms with Gasteiger partial charge < -0.3 is 15.2 Å². The van der Waals surface area contributed by atoms with Crippen LogP contribution in [0.15, 0.2) is 30.5 Å². The molecule has 0 bridgehead atoms. The summed E-state index contributed by atoms with van der Waals surface area (Å²) in [5.74, 6) is 0.167. The Balaban J connectivity index is 2.09. The molecule has 0 saturated carbocycles. The molecule has 2 aromatic rings. The van der Waals surface area contributed by atoms with Crippen LogP contribution >= 0.6 is 0 Å². The van der Waals surface area contributed by atoms with E-state index in [9.17, 15) is 13.2 Å². The Morgan fingerprint density at radius 3 is 2.21 bits per heavy atom. The number of aromatic nitrogens is 2. The number of hydrogen-bond donors (Lipinski definition) is 1. The second kappa shape index (κ2) is 4.71. The van der Waals surface area contributed by atoms with E-state index in [0.29, 0.717) is 11.4 Å². The predicted octanol–water partition coefficient (Wildman–Crippen LogP) is 2.69. The molecule has 0 aliphatic heterocycles. The number of hydrogen-bond acceptors (Lipinski definition) is 4. The van der Waals surface area contributed by atoms with Crippen molar-refractivity contribution in [2.45, 2.75) is 6.36 Å². The van der Waals surface area contributed by atoms with E-state index in [1.807, 2.05) is 0 Å². The number of aryl methyl sites for hydroxylation is 1. The van der Waals surface area contributed by atoms with Crippen LogP contribution in [0.3, 0.4) is 0 Å². The molecular weight excluding hydrogens is 263 g/mol. The number of anilines is 1. The Bertz CT molecular complexity index is 564. The SMILES string of the molecule is Cn1cc(N)c(Oc2ccc(OC(F)(F)F)cc2)n1. The van der Waals surface area contributed by atoms with Gasteiger partial charge >= 0.3 is 6.36 Å². The Kier molecular flexibility index (Phi) is 3.24. The Hall–Kier alpha value is -2.38. The van der Waals surface area contributed by atoms with Crippen LogP contribution in [0.4, 0.5) is 18.9 Å². The molecule has 0 unspecified atom stereocenters. The summed E-state index contributed by atoms with van der Waals surface area (Å²) in [4.78, 5) is 0. The van der Waals surface area contributed by atoms with Crippen LogP contribution in [0.5, 0.6) is 17.4 Å². The zero-order chi connectivity index (χ0) is 14.0. The lowest BCUT2D eigenvalue weighted by Gasteiger charge is -2.09. The summed E-state index contributed by atoms with van der Waals surface area (Å²) in [5.41, 5.74) is 5.95. The van der Waals surface area contributed by atoms with Crippen molar-refractivity contribution < 1.29 is 22.6 Å². The summed E-state index contributed by atoms with van der Waals surface area (Å²) in [5, 5.41) is 3.95. The molecule has 19 heavy (non-hydrogen) atoms. The van der Waals surface area contributed by atoms with E-state index in [1.54, 1.807) is 13.2 Å². The third-order valence-electron chi connectivity index (χ3n) is 2.09. The van der Waals surface area contributed by atoms with Crippen molar-refractivity contribution in [2.24, 2.45) is 7.05 Å². The van der Waals surface area contributed by atoms with Crippen molar-refractivity contribution in [3.8, 4) is 17.4 Å². The Morgan fingerprint density at radius 1 is 1.16 bits per heavy atom. The lowest BCUT2D eigenvalue weighted by molar-refractivity contribution is -0.274. The van der Waals surface area contributed by atoms with Gasteiger partial charge in [-0.15, -0.1) is 18.3 Å². The topological polar surface area (TPSA) is 62.3 Å². The van der Waals surface area contributed by atoms with E-state index < -0.39 is 6.36 Å². The molecule has 0 spiro atoms. The molecule has 0 radical (unpaired) electrons. The summed E-state index contributed by atoms with van der Waals surface area (Å²) in [6, 6.07) is 4.94. The van der Waals surface area contributed by atoms with E-state index in [4.69, 9.17) is 10.5 Å². The van der Waals surface area contributed by atoms with Crippen molar-refractivity contribution in [1.82, 2.24) is 9.78 Å². The lowest BCUT2D eigenvalue weighted by atomic mass is 10.3. The highest BCUT2D eigenvalue weighted by Crippen LogP contribution is 2.28. The van der Waals surface area contributed by atoms with Gasteiger partial charge in [-0.1, -0.05) is 0 Å². The summed E-state index contributed by atoms with van der Waals surface area (Å²) in [7, 11) is 1.67. The van der Waals surface area contributed by atoms with Gasteiger partial charge in [-0.25, -0.2) is 0 Å². The van der Waals surface area contributed by atoms with Crippen molar-refractivity contribution in [1.29, 1.82) is 0 Å². The molecule has 0 atom stereocenters. The van der Waals surface area contributed by atoms with Crippen LogP contribution in [0.25, 0.3) is 0 Å². The third-order valence-corrected chi connectivity index (χ3v) is 2.09. The number of rotatable bonds is 3. The fourth-order valence-electron chi connectivity index (χ4n) is 1.39. The van der Waals surface area contributed by atoms with Crippen LogP contribution in [-0.4, -0.2) is 16.1 Å². The first kappa shape index (κ1) is 13.1. The van der Waals surface area contributed by atoms with Crippen molar-refractivity contribution >= 4 is 5.69 Å². The summed E-state index contributed by atoms with van der Waals surface area (Å²) < 4.78 is 46.4. The second-order valence-electron chi connectivity index (χ2n) is 3.68. The molecule has 0 aliphatic carbocycles. The highest BCUT2D eigenvalue weighted by atomic mass is 19.4. The molecule has 2 rings (SSSR count). The van der Waals surface area contributed by atoms with E-state index in [-0.39, 0.29) is 11.6 Å². The molecule has 5 nitrogen and oxygen atoms in total. The quantitative estimate of drug-likeness (QED) is 0.933. The summed E-state index contributed by atoms with van der Waals surface area (Å²) in [6.45, 7) is 0. The molecule has 0 saturated heterocycles. The van der Waals surface area contributed by atoms with Crippen molar-refractivity contribution in [3.05, 3.63) is 30.5 Å². The second-order valence-corrected chi connectivity index (χ2v) is 3.68. The number of nitrogens with zero attached hydrogens (tertiary/aromatic N) is 2. The van der Waals surface area contributed by atoms with Gasteiger partial charge in [0.15, 0.2) is 0 Å². The zero-order valence-corrected chi connectivity index (χ0v) is 9.81. The number of ether oxygens (including phenoxy) is 2. The summed E-state index contributed by atoms with van der Waals surface area (Å²) in [6.07, 6.45) is -3.16. The molecule has 0 aliphatic rings. The standard InChI is InChI=1S/C11H10F3N3O2/c1-17-6-9(15)10(16-17)18-7-2-4-8(5-3-7)19-11(12,13)14/h2-6H,15H2,1H3. The number of benzene rings is 1. The maximum absolute atomic E-state index is 12.0. The largest absolute Gasteiger partial charge is 0.573 e. The van der Waals surface area contributed by atoms with Gasteiger partial charge in [0.25, 0.3) is 5.88 Å². The van der Waals surface area contributed by atoms with Crippen LogP contribution in [0.1, 0.15) is 0 Å². The Morgan fingerprint density at radius 2 is 1.74 bits per heavy atom. The average molecular weight is 273 g/mol. The first-order chi connectivity index (χ1) is 8.83. The first-order valence-electron chi connectivity index (χ1n) is 5.16. The smallest absolute Gasteiger partial charge is 0.436 e. The van der Waals surface area contributed by atoms with Crippen molar-refractivity contribution in [3.63, 3.8) is 0 Å². The number of alkyl halides is 3. The monoisotopic (exact) mass is 273 g/mol. The van der Waals surface area contributed by atoms with Gasteiger partial charge in [0.2, 0.25) is 0 Å². The molecule has 0 amide bonds. The Labute approximate surface area is 106 Å². The van der Waals surface area contributed by atoms with Gasteiger partial charge in [0, 0.05) is 7.05 Å². The molecule has 8 heteroatoms. The minimum absolute atomic E-state index is 0.187. The molecule has 0 fully saturated rings. The average Bonchev–Trinajstić information content (AvgIpc) is 2.58. The van der Waals surface area contributed by atoms with Gasteiger partial charge in [0.05, 0.1) is 6.20 Å². The minimum Gasteiger partial charge on any atom is -0.436 e. The van der Waals surface area contributed by atoms with E-state index in [2.05, 4.69) is 9.84 Å². The summed E-state index contributed by atoms with van der Waals surface area (Å²) >= 11 is 0. The van der Waals surface area contributed by atoms with Gasteiger partial charge in [0.1, 0.15) is 17.2 Å². The van der Waals surface area contributed by atoms with Gasteiger partial charge in [-0.05, 0) is 24.3 Å². The number of nitrogen functional groups attached to an aromatic ring is 1. The number of nitrogens with two attached hydrogens (primary N) is 1. The van der Waals surface area contributed by atoms with Crippen LogP contribution in [-0.2, 0) is 7.05 Å². The zero-order valence-electron chi connectivity index (χ0n) is 9.81. The predicted molar refractivity (Wildman–Crippen MR) is 60.8 cm³/mol. The minimum atomic E-state index is -4.71. The normalized spacial score (nSPS) is 11.4. The molecule has 2 N–H and O–H groups in total. The fraction of sp³-hybridized carbons (Fsp3) is 0.182. The first-order valence-corrected chi connectivity index (χ1v) is 5.16. The van der Waals surface area contributed by atoms with Gasteiger partial charge in [-0.3, -0.25) is 4.68 Å². The van der Waals surface area contributed by atoms with Crippen LogP contribution < -0.4 is 15.2 Å². The molecule has 1 aromatic heterocycles. The lowest BCUT2D eigenvalue weighted by Crippen LogP contribution is -2.16. The molecular formula is C11H10F3N3O2.